The van der Waals surface area contributed by atoms with Crippen LogP contribution in [0.25, 0.3) is 0 Å². The number of carbonyl (C=O) groups excluding carboxylic acids is 2. The van der Waals surface area contributed by atoms with E-state index in [1.54, 1.807) is 7.11 Å². The van der Waals surface area contributed by atoms with Gasteiger partial charge in [-0.05, 0) is 25.0 Å². The maximum absolute atomic E-state index is 12.7. The van der Waals surface area contributed by atoms with Crippen LogP contribution < -0.4 is 16.2 Å². The van der Waals surface area contributed by atoms with E-state index in [2.05, 4.69) is 10.6 Å². The molecule has 0 fully saturated rings. The summed E-state index contributed by atoms with van der Waals surface area (Å²) in [6, 6.07) is 10.7. The number of ether oxygens (including phenoxy) is 2. The van der Waals surface area contributed by atoms with Gasteiger partial charge in [0.15, 0.2) is 6.29 Å². The number of nitrogens with one attached hydrogen (secondary N) is 2. The van der Waals surface area contributed by atoms with Gasteiger partial charge in [-0.2, -0.15) is 0 Å². The van der Waals surface area contributed by atoms with Crippen molar-refractivity contribution in [3.05, 3.63) is 69.6 Å². The van der Waals surface area contributed by atoms with Crippen LogP contribution in [0.2, 0.25) is 0 Å². The normalized spacial score (nSPS) is 11.7. The summed E-state index contributed by atoms with van der Waals surface area (Å²) < 4.78 is 12.0. The molecular formula is C22H29N3O5. The van der Waals surface area contributed by atoms with Crippen molar-refractivity contribution < 1.29 is 19.1 Å². The van der Waals surface area contributed by atoms with Crippen LogP contribution in [0.1, 0.15) is 46.0 Å². The lowest BCUT2D eigenvalue weighted by Gasteiger charge is -2.15. The van der Waals surface area contributed by atoms with E-state index >= 15 is 0 Å². The molecule has 0 saturated heterocycles. The number of hydrogen-bond donors (Lipinski definition) is 2. The molecule has 162 valence electrons. The minimum Gasteiger partial charge on any atom is -0.356 e. The van der Waals surface area contributed by atoms with E-state index in [4.69, 9.17) is 9.47 Å². The molecule has 2 aromatic rings. The molecule has 0 aliphatic rings. The third-order valence-corrected chi connectivity index (χ3v) is 4.53. The second kappa shape index (κ2) is 11.9. The van der Waals surface area contributed by atoms with Crippen molar-refractivity contribution in [3.63, 3.8) is 0 Å². The minimum atomic E-state index is -0.531. The number of aromatic nitrogens is 1. The summed E-state index contributed by atoms with van der Waals surface area (Å²) in [5.74, 6) is -0.886. The van der Waals surface area contributed by atoms with Gasteiger partial charge in [-0.3, -0.25) is 14.4 Å². The van der Waals surface area contributed by atoms with Crippen LogP contribution in [0.15, 0.2) is 47.4 Å². The van der Waals surface area contributed by atoms with Gasteiger partial charge in [0.25, 0.3) is 17.4 Å². The molecule has 1 aromatic heterocycles. The Kier molecular flexibility index (Phi) is 9.24. The largest absolute Gasteiger partial charge is 0.356 e. The first-order chi connectivity index (χ1) is 14.5. The molecule has 2 amide bonds. The van der Waals surface area contributed by atoms with Crippen LogP contribution in [0.5, 0.6) is 0 Å². The first-order valence-electron chi connectivity index (χ1n) is 9.93. The number of benzene rings is 1. The van der Waals surface area contributed by atoms with Crippen molar-refractivity contribution in [1.82, 2.24) is 15.2 Å². The molecule has 0 radical (unpaired) electrons. The average Bonchev–Trinajstić information content (AvgIpc) is 2.77. The highest BCUT2D eigenvalue weighted by atomic mass is 16.7. The van der Waals surface area contributed by atoms with Crippen LogP contribution >= 0.6 is 0 Å². The zero-order chi connectivity index (χ0) is 21.9. The van der Waals surface area contributed by atoms with Gasteiger partial charge >= 0.3 is 0 Å². The third-order valence-electron chi connectivity index (χ3n) is 4.53. The first-order valence-corrected chi connectivity index (χ1v) is 9.93. The van der Waals surface area contributed by atoms with Crippen molar-refractivity contribution in [1.29, 1.82) is 0 Å². The second-order valence-electron chi connectivity index (χ2n) is 6.66. The molecule has 0 bridgehead atoms. The maximum atomic E-state index is 12.7. The highest BCUT2D eigenvalue weighted by molar-refractivity contribution is 5.99. The molecule has 0 aliphatic carbocycles. The van der Waals surface area contributed by atoms with E-state index in [0.29, 0.717) is 26.0 Å². The predicted molar refractivity (Wildman–Crippen MR) is 114 cm³/mol. The Labute approximate surface area is 176 Å². The van der Waals surface area contributed by atoms with E-state index in [1.165, 1.54) is 23.9 Å². The fourth-order valence-corrected chi connectivity index (χ4v) is 2.98. The van der Waals surface area contributed by atoms with Gasteiger partial charge in [0, 0.05) is 39.9 Å². The van der Waals surface area contributed by atoms with Gasteiger partial charge in [0.05, 0.1) is 12.1 Å². The number of carbonyl (C=O) groups is 2. The van der Waals surface area contributed by atoms with Crippen molar-refractivity contribution in [3.8, 4) is 0 Å². The molecule has 8 heteroatoms. The van der Waals surface area contributed by atoms with Crippen molar-refractivity contribution >= 4 is 11.8 Å². The molecule has 1 heterocycles. The fraction of sp³-hybridized carbons (Fsp3) is 0.409. The molecule has 1 unspecified atom stereocenters. The van der Waals surface area contributed by atoms with Gasteiger partial charge in [0.1, 0.15) is 5.56 Å². The molecule has 8 nitrogen and oxygen atoms in total. The summed E-state index contributed by atoms with van der Waals surface area (Å²) in [6.45, 7) is 3.12. The van der Waals surface area contributed by atoms with E-state index < -0.39 is 11.5 Å². The maximum Gasteiger partial charge on any atom is 0.263 e. The molecular weight excluding hydrogens is 386 g/mol. The van der Waals surface area contributed by atoms with Gasteiger partial charge in [0.2, 0.25) is 0 Å². The van der Waals surface area contributed by atoms with Crippen LogP contribution in [0.3, 0.4) is 0 Å². The van der Waals surface area contributed by atoms with Gasteiger partial charge in [-0.1, -0.05) is 30.3 Å². The lowest BCUT2D eigenvalue weighted by atomic mass is 10.1. The number of nitrogens with zero attached hydrogens (tertiary/aromatic N) is 1. The number of pyridine rings is 1. The summed E-state index contributed by atoms with van der Waals surface area (Å²) in [6.07, 6.45) is 2.48. The van der Waals surface area contributed by atoms with Crippen LogP contribution in [0, 0.1) is 0 Å². The topological polar surface area (TPSA) is 98.7 Å². The van der Waals surface area contributed by atoms with Gasteiger partial charge in [-0.25, -0.2) is 0 Å². The molecule has 0 spiro atoms. The fourth-order valence-electron chi connectivity index (χ4n) is 2.98. The highest BCUT2D eigenvalue weighted by Crippen LogP contribution is 2.07. The summed E-state index contributed by atoms with van der Waals surface area (Å²) in [5.41, 5.74) is 0.616. The molecule has 2 N–H and O–H groups in total. The SMILES string of the molecule is CCOC(CCCNC(=O)c1cc(C(=O)NC)c(=O)n(Cc2ccccc2)c1)OC. The standard InChI is InChI=1S/C22H29N3O5/c1-4-30-19(29-3)11-8-12-24-20(26)17-13-18(21(27)23-2)22(28)25(15-17)14-16-9-6-5-7-10-16/h5-7,9-10,13,15,19H,4,8,11-12,14H2,1-3H3,(H,23,27)(H,24,26). The van der Waals surface area contributed by atoms with E-state index in [-0.39, 0.29) is 29.9 Å². The monoisotopic (exact) mass is 415 g/mol. The lowest BCUT2D eigenvalue weighted by Crippen LogP contribution is -2.34. The van der Waals surface area contributed by atoms with E-state index in [0.717, 1.165) is 5.56 Å². The Morgan fingerprint density at radius 1 is 1.17 bits per heavy atom. The molecule has 2 rings (SSSR count). The Bertz CT molecular complexity index is 895. The molecule has 1 aromatic carbocycles. The predicted octanol–water partition coefficient (Wildman–Crippen LogP) is 1.78. The second-order valence-corrected chi connectivity index (χ2v) is 6.66. The summed E-state index contributed by atoms with van der Waals surface area (Å²) >= 11 is 0. The van der Waals surface area contributed by atoms with Crippen LogP contribution in [-0.2, 0) is 16.0 Å². The number of methoxy groups -OCH3 is 1. The number of rotatable bonds is 11. The van der Waals surface area contributed by atoms with Gasteiger partial charge < -0.3 is 24.7 Å². The first kappa shape index (κ1) is 23.3. The summed E-state index contributed by atoms with van der Waals surface area (Å²) in [5, 5.41) is 5.27. The van der Waals surface area contributed by atoms with Crippen LogP contribution in [-0.4, -0.2) is 50.0 Å². The van der Waals surface area contributed by atoms with Crippen molar-refractivity contribution in [2.45, 2.75) is 32.6 Å². The molecule has 1 atom stereocenters. The third kappa shape index (κ3) is 6.53. The summed E-state index contributed by atoms with van der Waals surface area (Å²) in [4.78, 5) is 37.5. The smallest absolute Gasteiger partial charge is 0.263 e. The Balaban J connectivity index is 2.15. The number of amides is 2. The van der Waals surface area contributed by atoms with Crippen LogP contribution in [0.4, 0.5) is 0 Å². The van der Waals surface area contributed by atoms with Crippen molar-refractivity contribution in [2.24, 2.45) is 0 Å². The minimum absolute atomic E-state index is 0.0723. The zero-order valence-electron chi connectivity index (χ0n) is 17.6. The average molecular weight is 415 g/mol. The molecule has 0 aliphatic heterocycles. The van der Waals surface area contributed by atoms with E-state index in [9.17, 15) is 14.4 Å². The Morgan fingerprint density at radius 3 is 2.53 bits per heavy atom. The quantitative estimate of drug-likeness (QED) is 0.431. The lowest BCUT2D eigenvalue weighted by molar-refractivity contribution is -0.124. The zero-order valence-corrected chi connectivity index (χ0v) is 17.6. The molecule has 0 saturated carbocycles. The Morgan fingerprint density at radius 2 is 1.90 bits per heavy atom. The Hall–Kier alpha value is -2.97. The highest BCUT2D eigenvalue weighted by Gasteiger charge is 2.17. The number of hydrogen-bond acceptors (Lipinski definition) is 5. The summed E-state index contributed by atoms with van der Waals surface area (Å²) in [7, 11) is 3.02. The van der Waals surface area contributed by atoms with Gasteiger partial charge in [-0.15, -0.1) is 0 Å². The van der Waals surface area contributed by atoms with Crippen molar-refractivity contribution in [2.75, 3.05) is 27.3 Å². The molecule has 30 heavy (non-hydrogen) atoms. The van der Waals surface area contributed by atoms with E-state index in [1.807, 2.05) is 37.3 Å².